The molecule has 0 saturated carbocycles. The Balaban J connectivity index is 2.15. The highest BCUT2D eigenvalue weighted by atomic mass is 35.5. The number of nitrogens with zero attached hydrogens (tertiary/aromatic N) is 1. The second-order valence-corrected chi connectivity index (χ2v) is 6.45. The molecule has 1 heterocycles. The Hall–Kier alpha value is -1.30. The van der Waals surface area contributed by atoms with Gasteiger partial charge in [-0.15, -0.1) is 11.3 Å². The SMILES string of the molecule is CCCNC(C)c1csc(Nc2cc(C)c(Cl)cc2OC)n1. The third-order valence-corrected chi connectivity index (χ3v) is 4.57. The maximum absolute atomic E-state index is 6.13. The number of hydrogen-bond acceptors (Lipinski definition) is 5. The first kappa shape index (κ1) is 17.1. The van der Waals surface area contributed by atoms with Gasteiger partial charge in [0, 0.05) is 22.5 Å². The van der Waals surface area contributed by atoms with Crippen LogP contribution in [0, 0.1) is 6.92 Å². The molecule has 0 radical (unpaired) electrons. The number of halogens is 1. The van der Waals surface area contributed by atoms with E-state index < -0.39 is 0 Å². The molecule has 4 nitrogen and oxygen atoms in total. The van der Waals surface area contributed by atoms with Crippen LogP contribution in [0.3, 0.4) is 0 Å². The number of benzene rings is 1. The number of anilines is 2. The average molecular weight is 340 g/mol. The zero-order chi connectivity index (χ0) is 16.1. The molecule has 22 heavy (non-hydrogen) atoms. The Morgan fingerprint density at radius 2 is 2.18 bits per heavy atom. The van der Waals surface area contributed by atoms with Gasteiger partial charge in [-0.1, -0.05) is 18.5 Å². The zero-order valence-electron chi connectivity index (χ0n) is 13.4. The van der Waals surface area contributed by atoms with Crippen molar-refractivity contribution >= 4 is 33.8 Å². The van der Waals surface area contributed by atoms with Crippen LogP contribution in [0.2, 0.25) is 5.02 Å². The first-order chi connectivity index (χ1) is 10.5. The summed E-state index contributed by atoms with van der Waals surface area (Å²) in [4.78, 5) is 4.64. The van der Waals surface area contributed by atoms with E-state index in [2.05, 4.69) is 34.8 Å². The number of ether oxygens (including phenoxy) is 1. The van der Waals surface area contributed by atoms with Gasteiger partial charge in [0.2, 0.25) is 0 Å². The molecule has 0 fully saturated rings. The third-order valence-electron chi connectivity index (χ3n) is 3.39. The van der Waals surface area contributed by atoms with Crippen molar-refractivity contribution in [2.24, 2.45) is 0 Å². The molecule has 0 aliphatic carbocycles. The van der Waals surface area contributed by atoms with Crippen LogP contribution in [-0.2, 0) is 0 Å². The van der Waals surface area contributed by atoms with Gasteiger partial charge in [0.15, 0.2) is 5.13 Å². The Labute approximate surface area is 140 Å². The number of hydrogen-bond donors (Lipinski definition) is 2. The Morgan fingerprint density at radius 1 is 1.41 bits per heavy atom. The van der Waals surface area contributed by atoms with E-state index in [9.17, 15) is 0 Å². The Bertz CT molecular complexity index is 630. The maximum Gasteiger partial charge on any atom is 0.187 e. The van der Waals surface area contributed by atoms with E-state index in [-0.39, 0.29) is 6.04 Å². The van der Waals surface area contributed by atoms with Gasteiger partial charge < -0.3 is 15.4 Å². The molecule has 0 aliphatic heterocycles. The number of aromatic nitrogens is 1. The molecular weight excluding hydrogens is 318 g/mol. The van der Waals surface area contributed by atoms with Gasteiger partial charge in [-0.3, -0.25) is 0 Å². The van der Waals surface area contributed by atoms with Crippen LogP contribution < -0.4 is 15.4 Å². The fraction of sp³-hybridized carbons (Fsp3) is 0.438. The molecule has 0 aliphatic rings. The first-order valence-corrected chi connectivity index (χ1v) is 8.60. The predicted octanol–water partition coefficient (Wildman–Crippen LogP) is 4.92. The van der Waals surface area contributed by atoms with Crippen LogP contribution in [0.5, 0.6) is 5.75 Å². The second-order valence-electron chi connectivity index (χ2n) is 5.18. The minimum Gasteiger partial charge on any atom is -0.495 e. The second kappa shape index (κ2) is 7.81. The number of nitrogens with one attached hydrogen (secondary N) is 2. The topological polar surface area (TPSA) is 46.2 Å². The molecule has 6 heteroatoms. The van der Waals surface area contributed by atoms with Crippen LogP contribution in [-0.4, -0.2) is 18.6 Å². The Morgan fingerprint density at radius 3 is 2.86 bits per heavy atom. The van der Waals surface area contributed by atoms with Crippen molar-refractivity contribution in [3.63, 3.8) is 0 Å². The van der Waals surface area contributed by atoms with Crippen LogP contribution in [0.4, 0.5) is 10.8 Å². The van der Waals surface area contributed by atoms with Crippen molar-refractivity contribution in [3.8, 4) is 5.75 Å². The normalized spacial score (nSPS) is 12.2. The van der Waals surface area contributed by atoms with Crippen molar-refractivity contribution in [3.05, 3.63) is 33.8 Å². The summed E-state index contributed by atoms with van der Waals surface area (Å²) < 4.78 is 5.38. The van der Waals surface area contributed by atoms with E-state index in [4.69, 9.17) is 16.3 Å². The largest absolute Gasteiger partial charge is 0.495 e. The summed E-state index contributed by atoms with van der Waals surface area (Å²) in [5.74, 6) is 0.713. The standard InChI is InChI=1S/C16H22ClN3OS/c1-5-6-18-11(3)14-9-22-16(20-14)19-13-7-10(2)12(17)8-15(13)21-4/h7-9,11,18H,5-6H2,1-4H3,(H,19,20). The van der Waals surface area contributed by atoms with Gasteiger partial charge in [-0.25, -0.2) is 4.98 Å². The van der Waals surface area contributed by atoms with Crippen molar-refractivity contribution in [2.45, 2.75) is 33.2 Å². The predicted molar refractivity (Wildman–Crippen MR) is 94.8 cm³/mol. The summed E-state index contributed by atoms with van der Waals surface area (Å²) in [6, 6.07) is 4.04. The van der Waals surface area contributed by atoms with Gasteiger partial charge >= 0.3 is 0 Å². The monoisotopic (exact) mass is 339 g/mol. The lowest BCUT2D eigenvalue weighted by Gasteiger charge is -2.12. The van der Waals surface area contributed by atoms with Gasteiger partial charge in [0.1, 0.15) is 5.75 Å². The van der Waals surface area contributed by atoms with Crippen LogP contribution >= 0.6 is 22.9 Å². The molecule has 0 amide bonds. The summed E-state index contributed by atoms with van der Waals surface area (Å²) in [5.41, 5.74) is 2.92. The third kappa shape index (κ3) is 4.12. The van der Waals surface area contributed by atoms with Crippen molar-refractivity contribution in [1.29, 1.82) is 0 Å². The van der Waals surface area contributed by atoms with Gasteiger partial charge in [-0.2, -0.15) is 0 Å². The molecule has 1 aromatic heterocycles. The molecular formula is C16H22ClN3OS. The zero-order valence-corrected chi connectivity index (χ0v) is 14.9. The van der Waals surface area contributed by atoms with E-state index in [0.29, 0.717) is 10.8 Å². The summed E-state index contributed by atoms with van der Waals surface area (Å²) in [6.45, 7) is 7.24. The minimum atomic E-state index is 0.251. The van der Waals surface area contributed by atoms with Crippen LogP contribution in [0.25, 0.3) is 0 Å². The molecule has 2 rings (SSSR count). The van der Waals surface area contributed by atoms with Gasteiger partial charge in [0.25, 0.3) is 0 Å². The van der Waals surface area contributed by atoms with Crippen LogP contribution in [0.1, 0.15) is 37.6 Å². The highest BCUT2D eigenvalue weighted by molar-refractivity contribution is 7.13. The van der Waals surface area contributed by atoms with E-state index >= 15 is 0 Å². The lowest BCUT2D eigenvalue weighted by molar-refractivity contribution is 0.417. The van der Waals surface area contributed by atoms with Crippen LogP contribution in [0.15, 0.2) is 17.5 Å². The van der Waals surface area contributed by atoms with E-state index in [1.807, 2.05) is 19.1 Å². The fourth-order valence-corrected chi connectivity index (χ4v) is 3.02. The number of thiazole rings is 1. The lowest BCUT2D eigenvalue weighted by Crippen LogP contribution is -2.19. The summed E-state index contributed by atoms with van der Waals surface area (Å²) in [6.07, 6.45) is 1.11. The number of aryl methyl sites for hydroxylation is 1. The van der Waals surface area contributed by atoms with E-state index in [0.717, 1.165) is 35.0 Å². The van der Waals surface area contributed by atoms with Gasteiger partial charge in [-0.05, 0) is 38.4 Å². The summed E-state index contributed by atoms with van der Waals surface area (Å²) in [5, 5.41) is 10.4. The summed E-state index contributed by atoms with van der Waals surface area (Å²) >= 11 is 7.72. The summed E-state index contributed by atoms with van der Waals surface area (Å²) in [7, 11) is 1.64. The highest BCUT2D eigenvalue weighted by Crippen LogP contribution is 2.34. The molecule has 0 bridgehead atoms. The lowest BCUT2D eigenvalue weighted by atomic mass is 10.2. The molecule has 1 aromatic carbocycles. The molecule has 2 N–H and O–H groups in total. The van der Waals surface area contributed by atoms with E-state index in [1.54, 1.807) is 18.4 Å². The molecule has 1 unspecified atom stereocenters. The molecule has 1 atom stereocenters. The van der Waals surface area contributed by atoms with Crippen molar-refractivity contribution in [2.75, 3.05) is 19.0 Å². The molecule has 0 saturated heterocycles. The highest BCUT2D eigenvalue weighted by Gasteiger charge is 2.12. The number of methoxy groups -OCH3 is 1. The van der Waals surface area contributed by atoms with E-state index in [1.165, 1.54) is 0 Å². The Kier molecular flexibility index (Phi) is 6.06. The quantitative estimate of drug-likeness (QED) is 0.751. The smallest absolute Gasteiger partial charge is 0.187 e. The van der Waals surface area contributed by atoms with Crippen molar-refractivity contribution in [1.82, 2.24) is 10.3 Å². The maximum atomic E-state index is 6.13. The van der Waals surface area contributed by atoms with Gasteiger partial charge in [0.05, 0.1) is 18.5 Å². The first-order valence-electron chi connectivity index (χ1n) is 7.35. The minimum absolute atomic E-state index is 0.251. The molecule has 120 valence electrons. The molecule has 2 aromatic rings. The number of rotatable bonds is 7. The molecule has 0 spiro atoms. The van der Waals surface area contributed by atoms with Crippen molar-refractivity contribution < 1.29 is 4.74 Å². The average Bonchev–Trinajstić information content (AvgIpc) is 2.97. The fourth-order valence-electron chi connectivity index (χ4n) is 2.05.